The molecule has 3 heterocycles. The molecule has 1 aromatic carbocycles. The van der Waals surface area contributed by atoms with E-state index in [1.165, 1.54) is 5.56 Å². The number of fused-ring (bicyclic) bond motifs is 3. The van der Waals surface area contributed by atoms with Crippen molar-refractivity contribution in [3.05, 3.63) is 51.4 Å². The molecule has 0 radical (unpaired) electrons. The number of benzene rings is 1. The highest BCUT2D eigenvalue weighted by atomic mass is 79.9. The largest absolute Gasteiger partial charge is 0.496 e. The Balaban J connectivity index is 2.02. The Morgan fingerprint density at radius 1 is 1.33 bits per heavy atom. The zero-order valence-corrected chi connectivity index (χ0v) is 15.3. The molecule has 0 fully saturated rings. The highest BCUT2D eigenvalue weighted by Crippen LogP contribution is 2.44. The Bertz CT molecular complexity index is 944. The number of aryl methyl sites for hydroxylation is 1. The number of halogens is 1. The van der Waals surface area contributed by atoms with Crippen LogP contribution in [0.1, 0.15) is 16.1 Å². The summed E-state index contributed by atoms with van der Waals surface area (Å²) in [6.07, 6.45) is 0.783. The Morgan fingerprint density at radius 2 is 2.17 bits per heavy atom. The zero-order valence-electron chi connectivity index (χ0n) is 12.9. The molecular formula is C18H14BrNO3S. The number of nitrogens with zero attached hydrogens (tertiary/aromatic N) is 1. The Labute approximate surface area is 151 Å². The second-order valence-electron chi connectivity index (χ2n) is 5.62. The number of rotatable bonds is 3. The van der Waals surface area contributed by atoms with Gasteiger partial charge in [0.15, 0.2) is 0 Å². The van der Waals surface area contributed by atoms with Crippen LogP contribution < -0.4 is 4.74 Å². The normalized spacial score (nSPS) is 12.6. The average molecular weight is 404 g/mol. The minimum atomic E-state index is -0.893. The quantitative estimate of drug-likeness (QED) is 0.675. The lowest BCUT2D eigenvalue weighted by molar-refractivity contribution is 0.0685. The summed E-state index contributed by atoms with van der Waals surface area (Å²) < 4.78 is 8.18. The average Bonchev–Trinajstić information content (AvgIpc) is 3.21. The summed E-state index contributed by atoms with van der Waals surface area (Å²) in [5.74, 6) is -0.0972. The van der Waals surface area contributed by atoms with Crippen molar-refractivity contribution in [2.45, 2.75) is 13.0 Å². The van der Waals surface area contributed by atoms with Gasteiger partial charge in [0.2, 0.25) is 0 Å². The number of ether oxygens (including phenoxy) is 1. The van der Waals surface area contributed by atoms with Gasteiger partial charge in [-0.2, -0.15) is 0 Å². The minimum Gasteiger partial charge on any atom is -0.496 e. The van der Waals surface area contributed by atoms with Gasteiger partial charge in [0, 0.05) is 22.5 Å². The van der Waals surface area contributed by atoms with Gasteiger partial charge in [0.1, 0.15) is 11.4 Å². The van der Waals surface area contributed by atoms with Crippen LogP contribution >= 0.6 is 27.3 Å². The first kappa shape index (κ1) is 15.5. The molecule has 0 saturated carbocycles. The molecule has 2 aromatic heterocycles. The Hall–Kier alpha value is -2.05. The first-order chi connectivity index (χ1) is 11.6. The molecule has 1 N–H and O–H groups in total. The van der Waals surface area contributed by atoms with Gasteiger partial charge in [-0.25, -0.2) is 4.79 Å². The van der Waals surface area contributed by atoms with Crippen LogP contribution in [0.5, 0.6) is 5.75 Å². The molecular weight excluding hydrogens is 390 g/mol. The maximum absolute atomic E-state index is 11.7. The zero-order chi connectivity index (χ0) is 16.8. The summed E-state index contributed by atoms with van der Waals surface area (Å²) in [4.78, 5) is 12.8. The van der Waals surface area contributed by atoms with Crippen LogP contribution in [-0.2, 0) is 13.0 Å². The molecule has 122 valence electrons. The number of hydrogen-bond acceptors (Lipinski definition) is 3. The first-order valence-corrected chi connectivity index (χ1v) is 9.15. The van der Waals surface area contributed by atoms with Gasteiger partial charge in [-0.15, -0.1) is 11.3 Å². The summed E-state index contributed by atoms with van der Waals surface area (Å²) in [6, 6.07) is 9.87. The van der Waals surface area contributed by atoms with E-state index in [2.05, 4.69) is 15.9 Å². The summed E-state index contributed by atoms with van der Waals surface area (Å²) in [6.45, 7) is 0.653. The molecule has 24 heavy (non-hydrogen) atoms. The number of aromatic carboxylic acids is 1. The summed E-state index contributed by atoms with van der Waals surface area (Å²) in [5, 5.41) is 11.6. The topological polar surface area (TPSA) is 51.5 Å². The third kappa shape index (κ3) is 2.29. The third-order valence-electron chi connectivity index (χ3n) is 4.34. The predicted molar refractivity (Wildman–Crippen MR) is 98.1 cm³/mol. The van der Waals surface area contributed by atoms with Crippen LogP contribution in [0.2, 0.25) is 0 Å². The van der Waals surface area contributed by atoms with Gasteiger partial charge in [-0.3, -0.25) is 0 Å². The monoisotopic (exact) mass is 403 g/mol. The molecule has 4 rings (SSSR count). The number of methoxy groups -OCH3 is 1. The number of aromatic nitrogens is 1. The number of hydrogen-bond donors (Lipinski definition) is 1. The van der Waals surface area contributed by atoms with Crippen molar-refractivity contribution in [1.29, 1.82) is 0 Å². The molecule has 0 unspecified atom stereocenters. The molecule has 4 nitrogen and oxygen atoms in total. The van der Waals surface area contributed by atoms with E-state index in [1.807, 2.05) is 34.2 Å². The highest BCUT2D eigenvalue weighted by Gasteiger charge is 2.27. The summed E-state index contributed by atoms with van der Waals surface area (Å²) >= 11 is 5.17. The van der Waals surface area contributed by atoms with Crippen LogP contribution in [0.4, 0.5) is 0 Å². The van der Waals surface area contributed by atoms with Gasteiger partial charge >= 0.3 is 5.97 Å². The predicted octanol–water partition coefficient (Wildman–Crippen LogP) is 4.91. The summed E-state index contributed by atoms with van der Waals surface area (Å²) in [5.41, 5.74) is 4.52. The van der Waals surface area contributed by atoms with Crippen molar-refractivity contribution in [1.82, 2.24) is 4.57 Å². The van der Waals surface area contributed by atoms with E-state index in [4.69, 9.17) is 4.74 Å². The van der Waals surface area contributed by atoms with E-state index in [9.17, 15) is 9.90 Å². The van der Waals surface area contributed by atoms with E-state index < -0.39 is 5.97 Å². The van der Waals surface area contributed by atoms with Gasteiger partial charge in [-0.05, 0) is 57.6 Å². The van der Waals surface area contributed by atoms with Crippen molar-refractivity contribution >= 4 is 33.2 Å². The number of carbonyl (C=O) groups is 1. The maximum Gasteiger partial charge on any atom is 0.352 e. The molecule has 1 aliphatic heterocycles. The molecule has 6 heteroatoms. The first-order valence-electron chi connectivity index (χ1n) is 7.47. The van der Waals surface area contributed by atoms with E-state index in [1.54, 1.807) is 24.5 Å². The van der Waals surface area contributed by atoms with Crippen LogP contribution in [-0.4, -0.2) is 22.8 Å². The van der Waals surface area contributed by atoms with Crippen LogP contribution in [0.25, 0.3) is 21.7 Å². The van der Waals surface area contributed by atoms with Crippen LogP contribution in [0.15, 0.2) is 40.2 Å². The fraction of sp³-hybridized carbons (Fsp3) is 0.167. The number of thiophene rings is 1. The van der Waals surface area contributed by atoms with Gasteiger partial charge in [-0.1, -0.05) is 6.07 Å². The smallest absolute Gasteiger partial charge is 0.352 e. The molecule has 0 atom stereocenters. The fourth-order valence-corrected chi connectivity index (χ4v) is 4.53. The molecule has 0 spiro atoms. The number of carboxylic acid groups (broad SMARTS) is 1. The Kier molecular flexibility index (Phi) is 3.73. The van der Waals surface area contributed by atoms with Gasteiger partial charge in [0.25, 0.3) is 0 Å². The standard InChI is InChI=1S/C18H14BrNO3S/c1-23-15-7-10-4-5-20-14(18(21)22)9-12(16-3-2-6-24-16)17(20)11(10)8-13(15)19/h2-3,6-9H,4-5H2,1H3,(H,21,22). The molecule has 0 bridgehead atoms. The second-order valence-corrected chi connectivity index (χ2v) is 7.42. The van der Waals surface area contributed by atoms with Crippen molar-refractivity contribution < 1.29 is 14.6 Å². The molecule has 0 amide bonds. The molecule has 3 aromatic rings. The second kappa shape index (κ2) is 5.79. The lowest BCUT2D eigenvalue weighted by Gasteiger charge is -2.23. The number of carboxylic acids is 1. The SMILES string of the molecule is COc1cc2c(cc1Br)-c1c(-c3cccs3)cc(C(=O)O)n1CC2. The van der Waals surface area contributed by atoms with Gasteiger partial charge in [0.05, 0.1) is 17.3 Å². The van der Waals surface area contributed by atoms with E-state index >= 15 is 0 Å². The lowest BCUT2D eigenvalue weighted by atomic mass is 9.95. The minimum absolute atomic E-state index is 0.339. The van der Waals surface area contributed by atoms with Crippen LogP contribution in [0, 0.1) is 0 Å². The molecule has 0 saturated heterocycles. The van der Waals surface area contributed by atoms with Crippen LogP contribution in [0.3, 0.4) is 0 Å². The Morgan fingerprint density at radius 3 is 2.83 bits per heavy atom. The summed E-state index contributed by atoms with van der Waals surface area (Å²) in [7, 11) is 1.65. The van der Waals surface area contributed by atoms with E-state index in [0.717, 1.165) is 38.3 Å². The van der Waals surface area contributed by atoms with Crippen molar-refractivity contribution in [2.24, 2.45) is 0 Å². The molecule has 1 aliphatic rings. The fourth-order valence-electron chi connectivity index (χ4n) is 3.28. The lowest BCUT2D eigenvalue weighted by Crippen LogP contribution is -2.16. The van der Waals surface area contributed by atoms with Crippen molar-refractivity contribution in [3.63, 3.8) is 0 Å². The third-order valence-corrected chi connectivity index (χ3v) is 5.86. The highest BCUT2D eigenvalue weighted by molar-refractivity contribution is 9.10. The van der Waals surface area contributed by atoms with Crippen molar-refractivity contribution in [3.8, 4) is 27.4 Å². The van der Waals surface area contributed by atoms with E-state index in [-0.39, 0.29) is 0 Å². The maximum atomic E-state index is 11.7. The van der Waals surface area contributed by atoms with Crippen molar-refractivity contribution in [2.75, 3.05) is 7.11 Å². The molecule has 0 aliphatic carbocycles. The van der Waals surface area contributed by atoms with Gasteiger partial charge < -0.3 is 14.4 Å². The van der Waals surface area contributed by atoms with E-state index in [0.29, 0.717) is 12.2 Å².